The number of hydrogen-bond acceptors (Lipinski definition) is 3. The third-order valence-corrected chi connectivity index (χ3v) is 3.75. The molecule has 1 fully saturated rings. The van der Waals surface area contributed by atoms with E-state index in [1.807, 2.05) is 31.2 Å². The molecule has 1 aliphatic heterocycles. The first-order valence-corrected chi connectivity index (χ1v) is 6.33. The first kappa shape index (κ1) is 12.6. The van der Waals surface area contributed by atoms with Crippen molar-refractivity contribution in [3.63, 3.8) is 0 Å². The maximum Gasteiger partial charge on any atom is 0.0945 e. The minimum Gasteiger partial charge on any atom is -0.387 e. The second-order valence-electron chi connectivity index (χ2n) is 5.09. The Morgan fingerprint density at radius 1 is 1.29 bits per heavy atom. The molecule has 1 aliphatic rings. The average molecular weight is 234 g/mol. The fourth-order valence-corrected chi connectivity index (χ4v) is 2.55. The lowest BCUT2D eigenvalue weighted by Crippen LogP contribution is -2.31. The van der Waals surface area contributed by atoms with E-state index in [2.05, 4.69) is 11.9 Å². The number of aliphatic hydroxyl groups is 1. The van der Waals surface area contributed by atoms with Crippen molar-refractivity contribution in [2.24, 2.45) is 5.73 Å². The minimum atomic E-state index is -0.385. The van der Waals surface area contributed by atoms with Gasteiger partial charge in [-0.25, -0.2) is 0 Å². The van der Waals surface area contributed by atoms with Gasteiger partial charge in [-0.05, 0) is 44.5 Å². The third kappa shape index (κ3) is 2.68. The molecule has 0 saturated carbocycles. The summed E-state index contributed by atoms with van der Waals surface area (Å²) in [6.45, 7) is 3.05. The van der Waals surface area contributed by atoms with Crippen molar-refractivity contribution in [1.29, 1.82) is 0 Å². The lowest BCUT2D eigenvalue weighted by atomic mass is 9.98. The van der Waals surface area contributed by atoms with E-state index in [0.717, 1.165) is 24.1 Å². The zero-order valence-electron chi connectivity index (χ0n) is 10.6. The van der Waals surface area contributed by atoms with E-state index in [-0.39, 0.29) is 18.2 Å². The third-order valence-electron chi connectivity index (χ3n) is 3.75. The van der Waals surface area contributed by atoms with Crippen LogP contribution in [0.1, 0.15) is 43.0 Å². The Hall–Kier alpha value is -0.900. The first-order chi connectivity index (χ1) is 8.09. The van der Waals surface area contributed by atoms with E-state index in [4.69, 9.17) is 5.73 Å². The Morgan fingerprint density at radius 3 is 2.35 bits per heavy atom. The van der Waals surface area contributed by atoms with Crippen LogP contribution < -0.4 is 5.73 Å². The fourth-order valence-electron chi connectivity index (χ4n) is 2.55. The molecule has 2 rings (SSSR count). The van der Waals surface area contributed by atoms with Crippen LogP contribution in [0.2, 0.25) is 0 Å². The Balaban J connectivity index is 2.11. The van der Waals surface area contributed by atoms with E-state index in [1.165, 1.54) is 6.42 Å². The topological polar surface area (TPSA) is 49.5 Å². The smallest absolute Gasteiger partial charge is 0.0945 e. The summed E-state index contributed by atoms with van der Waals surface area (Å²) in [5, 5.41) is 10.3. The molecule has 1 aromatic rings. The number of nitrogens with zero attached hydrogens (tertiary/aromatic N) is 1. The van der Waals surface area contributed by atoms with Crippen molar-refractivity contribution >= 4 is 0 Å². The molecule has 0 spiro atoms. The van der Waals surface area contributed by atoms with Crippen LogP contribution in [0, 0.1) is 0 Å². The van der Waals surface area contributed by atoms with E-state index in [9.17, 15) is 5.11 Å². The predicted octanol–water partition coefficient (Wildman–Crippen LogP) is 1.83. The van der Waals surface area contributed by atoms with Crippen LogP contribution in [-0.2, 0) is 0 Å². The van der Waals surface area contributed by atoms with Crippen molar-refractivity contribution in [2.75, 3.05) is 13.6 Å². The molecule has 1 aromatic carbocycles. The van der Waals surface area contributed by atoms with E-state index in [1.54, 1.807) is 0 Å². The summed E-state index contributed by atoms with van der Waals surface area (Å²) in [4.78, 5) is 2.24. The largest absolute Gasteiger partial charge is 0.387 e. The summed E-state index contributed by atoms with van der Waals surface area (Å²) >= 11 is 0. The first-order valence-electron chi connectivity index (χ1n) is 6.33. The highest BCUT2D eigenvalue weighted by Gasteiger charge is 2.28. The van der Waals surface area contributed by atoms with Gasteiger partial charge in [0.15, 0.2) is 0 Å². The highest BCUT2D eigenvalue weighted by atomic mass is 16.3. The second-order valence-corrected chi connectivity index (χ2v) is 5.09. The van der Waals surface area contributed by atoms with Gasteiger partial charge in [-0.15, -0.1) is 0 Å². The Morgan fingerprint density at radius 2 is 1.88 bits per heavy atom. The summed E-state index contributed by atoms with van der Waals surface area (Å²) in [6, 6.07) is 8.33. The predicted molar refractivity (Wildman–Crippen MR) is 69.7 cm³/mol. The normalized spacial score (nSPS) is 24.8. The van der Waals surface area contributed by atoms with Crippen molar-refractivity contribution < 1.29 is 5.11 Å². The van der Waals surface area contributed by atoms with Crippen LogP contribution in [0.4, 0.5) is 0 Å². The number of aliphatic hydroxyl groups excluding tert-OH is 1. The van der Waals surface area contributed by atoms with Gasteiger partial charge in [0.2, 0.25) is 0 Å². The number of nitrogens with two attached hydrogens (primary N) is 1. The summed E-state index contributed by atoms with van der Waals surface area (Å²) in [5.41, 5.74) is 7.92. The lowest BCUT2D eigenvalue weighted by Gasteiger charge is -2.25. The summed E-state index contributed by atoms with van der Waals surface area (Å²) < 4.78 is 0. The molecule has 1 unspecified atom stereocenters. The number of likely N-dealkylation sites (N-methyl/N-ethyl adjacent to an activating group) is 1. The van der Waals surface area contributed by atoms with E-state index in [0.29, 0.717) is 0 Å². The summed E-state index contributed by atoms with van der Waals surface area (Å²) in [6.07, 6.45) is 1.87. The zero-order valence-corrected chi connectivity index (χ0v) is 10.6. The molecular weight excluding hydrogens is 212 g/mol. The van der Waals surface area contributed by atoms with E-state index >= 15 is 0 Å². The maximum absolute atomic E-state index is 10.3. The molecule has 3 heteroatoms. The number of hydrogen-bond donors (Lipinski definition) is 2. The maximum atomic E-state index is 10.3. The van der Waals surface area contributed by atoms with Gasteiger partial charge < -0.3 is 15.7 Å². The van der Waals surface area contributed by atoms with Gasteiger partial charge in [0.05, 0.1) is 6.10 Å². The van der Waals surface area contributed by atoms with Gasteiger partial charge in [-0.3, -0.25) is 0 Å². The van der Waals surface area contributed by atoms with Gasteiger partial charge >= 0.3 is 0 Å². The fraction of sp³-hybridized carbons (Fsp3) is 0.571. The quantitative estimate of drug-likeness (QED) is 0.839. The number of benzene rings is 1. The van der Waals surface area contributed by atoms with E-state index < -0.39 is 0 Å². The summed E-state index contributed by atoms with van der Waals surface area (Å²) in [7, 11) is 2.08. The molecule has 1 heterocycles. The molecule has 3 N–H and O–H groups in total. The van der Waals surface area contributed by atoms with Crippen molar-refractivity contribution in [2.45, 2.75) is 38.0 Å². The monoisotopic (exact) mass is 234 g/mol. The molecule has 0 bridgehead atoms. The van der Waals surface area contributed by atoms with Crippen molar-refractivity contribution in [1.82, 2.24) is 4.90 Å². The van der Waals surface area contributed by atoms with Crippen molar-refractivity contribution in [3.8, 4) is 0 Å². The van der Waals surface area contributed by atoms with Gasteiger partial charge in [0.25, 0.3) is 0 Å². The molecule has 3 atom stereocenters. The summed E-state index contributed by atoms with van der Waals surface area (Å²) in [5.74, 6) is 0. The molecule has 94 valence electrons. The van der Waals surface area contributed by atoms with Gasteiger partial charge in [-0.1, -0.05) is 24.3 Å². The molecule has 0 aliphatic carbocycles. The highest BCUT2D eigenvalue weighted by Crippen LogP contribution is 2.28. The van der Waals surface area contributed by atoms with Gasteiger partial charge in [-0.2, -0.15) is 0 Å². The standard InChI is InChI=1S/C14H22N2O/c1-10(15)11-5-7-12(8-6-11)14(17)13-4-3-9-16(13)2/h5-8,10,13-14,17H,3-4,9,15H2,1-2H3/t10-,13-,14?/m0/s1. The van der Waals surface area contributed by atoms with Crippen LogP contribution >= 0.6 is 0 Å². The molecule has 0 aromatic heterocycles. The van der Waals surface area contributed by atoms with Crippen LogP contribution in [0.5, 0.6) is 0 Å². The molecule has 17 heavy (non-hydrogen) atoms. The molecule has 0 radical (unpaired) electrons. The number of likely N-dealkylation sites (tertiary alicyclic amines) is 1. The Bertz CT molecular complexity index is 361. The minimum absolute atomic E-state index is 0.0512. The van der Waals surface area contributed by atoms with Crippen molar-refractivity contribution in [3.05, 3.63) is 35.4 Å². The average Bonchev–Trinajstić information content (AvgIpc) is 2.74. The van der Waals surface area contributed by atoms with Crippen LogP contribution in [0.25, 0.3) is 0 Å². The molecular formula is C14H22N2O. The van der Waals surface area contributed by atoms with Gasteiger partial charge in [0.1, 0.15) is 0 Å². The zero-order chi connectivity index (χ0) is 12.4. The molecule has 3 nitrogen and oxygen atoms in total. The SMILES string of the molecule is C[C@H](N)c1ccc(C(O)[C@@H]2CCCN2C)cc1. The van der Waals surface area contributed by atoms with Gasteiger partial charge in [0, 0.05) is 12.1 Å². The van der Waals surface area contributed by atoms with Crippen LogP contribution in [-0.4, -0.2) is 29.6 Å². The lowest BCUT2D eigenvalue weighted by molar-refractivity contribution is 0.0857. The Labute approximate surface area is 103 Å². The van der Waals surface area contributed by atoms with Crippen LogP contribution in [0.3, 0.4) is 0 Å². The number of rotatable bonds is 3. The Kier molecular flexibility index (Phi) is 3.82. The highest BCUT2D eigenvalue weighted by molar-refractivity contribution is 5.26. The molecule has 0 amide bonds. The van der Waals surface area contributed by atoms with Crippen LogP contribution in [0.15, 0.2) is 24.3 Å². The second kappa shape index (κ2) is 5.17. The molecule has 1 saturated heterocycles.